The van der Waals surface area contributed by atoms with Crippen LogP contribution < -0.4 is 0 Å². The molecule has 0 radical (unpaired) electrons. The van der Waals surface area contributed by atoms with Crippen molar-refractivity contribution >= 4 is 17.3 Å². The van der Waals surface area contributed by atoms with Gasteiger partial charge in [-0.05, 0) is 17.9 Å². The molecule has 0 spiro atoms. The molecule has 0 aliphatic rings. The summed E-state index contributed by atoms with van der Waals surface area (Å²) in [6.45, 7) is 1.91. The molecule has 0 saturated heterocycles. The van der Waals surface area contributed by atoms with Crippen LogP contribution >= 0.6 is 11.3 Å². The highest BCUT2D eigenvalue weighted by molar-refractivity contribution is 7.08. The number of carboxylic acids is 1. The van der Waals surface area contributed by atoms with Gasteiger partial charge in [0.2, 0.25) is 0 Å². The molecule has 0 fully saturated rings. The molecule has 0 unspecified atom stereocenters. The van der Waals surface area contributed by atoms with Gasteiger partial charge in [-0.1, -0.05) is 5.92 Å². The smallest absolute Gasteiger partial charge is 0.382 e. The minimum atomic E-state index is -1.09. The second-order valence-corrected chi connectivity index (χ2v) is 2.77. The maximum Gasteiger partial charge on any atom is 0.382 e. The molecule has 1 aromatic rings. The Kier molecular flexibility index (Phi) is 2.29. The van der Waals surface area contributed by atoms with Gasteiger partial charge in [0.05, 0.1) is 0 Å². The molecule has 0 amide bonds. The predicted octanol–water partition coefficient (Wildman–Crippen LogP) is 1.49. The van der Waals surface area contributed by atoms with Crippen molar-refractivity contribution < 1.29 is 9.90 Å². The van der Waals surface area contributed by atoms with E-state index in [1.807, 2.05) is 17.7 Å². The Morgan fingerprint density at radius 2 is 2.36 bits per heavy atom. The van der Waals surface area contributed by atoms with Gasteiger partial charge in [0.15, 0.2) is 0 Å². The molecule has 1 heterocycles. The van der Waals surface area contributed by atoms with E-state index in [2.05, 4.69) is 11.8 Å². The topological polar surface area (TPSA) is 37.3 Å². The number of thiophene rings is 1. The van der Waals surface area contributed by atoms with Gasteiger partial charge in [-0.2, -0.15) is 11.3 Å². The van der Waals surface area contributed by atoms with Crippen LogP contribution in [0.5, 0.6) is 0 Å². The zero-order valence-corrected chi connectivity index (χ0v) is 6.73. The van der Waals surface area contributed by atoms with E-state index >= 15 is 0 Å². The summed E-state index contributed by atoms with van der Waals surface area (Å²) in [4.78, 5) is 10.0. The quantitative estimate of drug-likeness (QED) is 0.593. The molecule has 1 aromatic heterocycles. The van der Waals surface area contributed by atoms with Gasteiger partial charge in [0, 0.05) is 16.9 Å². The first-order chi connectivity index (χ1) is 5.20. The van der Waals surface area contributed by atoms with Gasteiger partial charge >= 0.3 is 5.97 Å². The number of carbonyl (C=O) groups is 1. The van der Waals surface area contributed by atoms with Crippen molar-refractivity contribution in [1.29, 1.82) is 0 Å². The summed E-state index contributed by atoms with van der Waals surface area (Å²) in [7, 11) is 0. The molecular weight excluding hydrogens is 160 g/mol. The highest BCUT2D eigenvalue weighted by atomic mass is 32.1. The summed E-state index contributed by atoms with van der Waals surface area (Å²) < 4.78 is 0. The molecule has 11 heavy (non-hydrogen) atoms. The molecule has 1 N–H and O–H groups in total. The van der Waals surface area contributed by atoms with Crippen LogP contribution in [0.15, 0.2) is 10.8 Å². The fourth-order valence-corrected chi connectivity index (χ4v) is 1.39. The van der Waals surface area contributed by atoms with Crippen LogP contribution in [0.3, 0.4) is 0 Å². The first kappa shape index (κ1) is 7.83. The Bertz CT molecular complexity index is 327. The van der Waals surface area contributed by atoms with E-state index in [-0.39, 0.29) is 0 Å². The average molecular weight is 166 g/mol. The first-order valence-corrected chi connectivity index (χ1v) is 3.92. The Morgan fingerprint density at radius 1 is 1.64 bits per heavy atom. The van der Waals surface area contributed by atoms with Crippen LogP contribution in [-0.2, 0) is 4.79 Å². The molecule has 0 atom stereocenters. The standard InChI is InChI=1S/C8H6O2S/c1-6-4-11-5-7(6)2-3-8(9)10/h4-5H,1H3,(H,9,10). The minimum absolute atomic E-state index is 0.803. The number of carboxylic acid groups (broad SMARTS) is 1. The van der Waals surface area contributed by atoms with Crippen molar-refractivity contribution in [2.45, 2.75) is 6.92 Å². The summed E-state index contributed by atoms with van der Waals surface area (Å²) in [5.74, 6) is 3.53. The summed E-state index contributed by atoms with van der Waals surface area (Å²) in [5.41, 5.74) is 1.83. The fraction of sp³-hybridized carbons (Fsp3) is 0.125. The Hall–Kier alpha value is -1.27. The predicted molar refractivity (Wildman–Crippen MR) is 43.6 cm³/mol. The van der Waals surface area contributed by atoms with Crippen molar-refractivity contribution in [3.63, 3.8) is 0 Å². The van der Waals surface area contributed by atoms with E-state index in [9.17, 15) is 4.79 Å². The maximum atomic E-state index is 10.0. The van der Waals surface area contributed by atoms with Crippen molar-refractivity contribution in [3.05, 3.63) is 21.9 Å². The molecule has 3 heteroatoms. The second kappa shape index (κ2) is 3.22. The van der Waals surface area contributed by atoms with Gasteiger partial charge in [-0.25, -0.2) is 4.79 Å². The molecule has 0 bridgehead atoms. The third kappa shape index (κ3) is 2.10. The van der Waals surface area contributed by atoms with E-state index in [1.54, 1.807) is 0 Å². The van der Waals surface area contributed by atoms with Crippen LogP contribution in [0, 0.1) is 18.8 Å². The average Bonchev–Trinajstić information content (AvgIpc) is 2.31. The number of hydrogen-bond acceptors (Lipinski definition) is 2. The van der Waals surface area contributed by atoms with Crippen molar-refractivity contribution in [2.24, 2.45) is 0 Å². The van der Waals surface area contributed by atoms with Crippen molar-refractivity contribution in [2.75, 3.05) is 0 Å². The molecule has 56 valence electrons. The van der Waals surface area contributed by atoms with Gasteiger partial charge in [0.1, 0.15) is 0 Å². The summed E-state index contributed by atoms with van der Waals surface area (Å²) in [6, 6.07) is 0. The number of aliphatic carboxylic acids is 1. The van der Waals surface area contributed by atoms with Gasteiger partial charge < -0.3 is 5.11 Å². The number of rotatable bonds is 0. The Balaban J connectivity index is 2.90. The third-order valence-corrected chi connectivity index (χ3v) is 2.02. The lowest BCUT2D eigenvalue weighted by Gasteiger charge is -1.81. The van der Waals surface area contributed by atoms with Gasteiger partial charge in [-0.15, -0.1) is 0 Å². The van der Waals surface area contributed by atoms with Gasteiger partial charge in [-0.3, -0.25) is 0 Å². The van der Waals surface area contributed by atoms with Gasteiger partial charge in [0.25, 0.3) is 0 Å². The molecule has 1 rings (SSSR count). The first-order valence-electron chi connectivity index (χ1n) is 2.98. The van der Waals surface area contributed by atoms with E-state index in [1.165, 1.54) is 11.3 Å². The van der Waals surface area contributed by atoms with E-state index < -0.39 is 5.97 Å². The lowest BCUT2D eigenvalue weighted by molar-refractivity contribution is -0.130. The largest absolute Gasteiger partial charge is 0.472 e. The van der Waals surface area contributed by atoms with E-state index in [4.69, 9.17) is 5.11 Å². The zero-order chi connectivity index (χ0) is 8.27. The lowest BCUT2D eigenvalue weighted by atomic mass is 10.2. The number of aryl methyl sites for hydroxylation is 1. The van der Waals surface area contributed by atoms with Crippen LogP contribution in [0.4, 0.5) is 0 Å². The van der Waals surface area contributed by atoms with Crippen molar-refractivity contribution in [3.8, 4) is 11.8 Å². The summed E-state index contributed by atoms with van der Waals surface area (Å²) in [5, 5.41) is 12.0. The molecule has 2 nitrogen and oxygen atoms in total. The summed E-state index contributed by atoms with van der Waals surface area (Å²) >= 11 is 1.52. The van der Waals surface area contributed by atoms with E-state index in [0.29, 0.717) is 0 Å². The molecule has 0 aromatic carbocycles. The summed E-state index contributed by atoms with van der Waals surface area (Å²) in [6.07, 6.45) is 0. The third-order valence-electron chi connectivity index (χ3n) is 1.16. The fourth-order valence-electron chi connectivity index (χ4n) is 0.609. The van der Waals surface area contributed by atoms with Crippen LogP contribution in [0.2, 0.25) is 0 Å². The Morgan fingerprint density at radius 3 is 2.82 bits per heavy atom. The van der Waals surface area contributed by atoms with Crippen LogP contribution in [0.25, 0.3) is 0 Å². The normalized spacial score (nSPS) is 8.45. The highest BCUT2D eigenvalue weighted by Crippen LogP contribution is 2.11. The maximum absolute atomic E-state index is 10.0. The molecule has 0 saturated carbocycles. The zero-order valence-electron chi connectivity index (χ0n) is 5.92. The lowest BCUT2D eigenvalue weighted by Crippen LogP contribution is -1.86. The highest BCUT2D eigenvalue weighted by Gasteiger charge is 1.93. The van der Waals surface area contributed by atoms with Crippen molar-refractivity contribution in [1.82, 2.24) is 0 Å². The molecular formula is C8H6O2S. The second-order valence-electron chi connectivity index (χ2n) is 2.02. The monoisotopic (exact) mass is 166 g/mol. The molecule has 0 aliphatic heterocycles. The SMILES string of the molecule is Cc1cscc1C#CC(=O)O. The minimum Gasteiger partial charge on any atom is -0.472 e. The van der Waals surface area contributed by atoms with Crippen LogP contribution in [-0.4, -0.2) is 11.1 Å². The van der Waals surface area contributed by atoms with E-state index in [0.717, 1.165) is 11.1 Å². The molecule has 0 aliphatic carbocycles. The number of hydrogen-bond donors (Lipinski definition) is 1. The van der Waals surface area contributed by atoms with Crippen LogP contribution in [0.1, 0.15) is 11.1 Å². The Labute approximate surface area is 68.5 Å².